The van der Waals surface area contributed by atoms with Crippen molar-refractivity contribution >= 4 is 16.5 Å². The second kappa shape index (κ2) is 8.44. The van der Waals surface area contributed by atoms with Crippen molar-refractivity contribution in [1.29, 1.82) is 0 Å². The van der Waals surface area contributed by atoms with Crippen LogP contribution in [0.1, 0.15) is 25.1 Å². The molecule has 1 aromatic heterocycles. The Bertz CT molecular complexity index is 304. The number of nitrogens with zero attached hydrogens (tertiary/aromatic N) is 2. The van der Waals surface area contributed by atoms with Crippen LogP contribution < -0.4 is 10.2 Å². The van der Waals surface area contributed by atoms with E-state index in [9.17, 15) is 0 Å². The Morgan fingerprint density at radius 3 is 2.94 bits per heavy atom. The van der Waals surface area contributed by atoms with Crippen LogP contribution in [0, 0.1) is 0 Å². The first kappa shape index (κ1) is 14.4. The van der Waals surface area contributed by atoms with Crippen LogP contribution in [0.4, 0.5) is 5.13 Å². The lowest BCUT2D eigenvalue weighted by molar-refractivity contribution is 0.205. The lowest BCUT2D eigenvalue weighted by atomic mass is 10.4. The van der Waals surface area contributed by atoms with Gasteiger partial charge in [0.05, 0.1) is 6.61 Å². The third kappa shape index (κ3) is 5.02. The molecule has 0 spiro atoms. The van der Waals surface area contributed by atoms with Gasteiger partial charge in [0.25, 0.3) is 0 Å². The number of methoxy groups -OCH3 is 1. The van der Waals surface area contributed by atoms with Crippen LogP contribution in [0.25, 0.3) is 0 Å². The van der Waals surface area contributed by atoms with Gasteiger partial charge in [-0.3, -0.25) is 0 Å². The molecule has 5 heteroatoms. The van der Waals surface area contributed by atoms with Crippen LogP contribution in [0.15, 0.2) is 6.20 Å². The molecule has 0 aliphatic rings. The first-order valence-electron chi connectivity index (χ1n) is 6.21. The average Bonchev–Trinajstić information content (AvgIpc) is 2.79. The van der Waals surface area contributed by atoms with E-state index in [0.717, 1.165) is 37.9 Å². The maximum atomic E-state index is 5.10. The molecule has 1 rings (SSSR count). The minimum Gasteiger partial charge on any atom is -0.383 e. The van der Waals surface area contributed by atoms with E-state index >= 15 is 0 Å². The van der Waals surface area contributed by atoms with Gasteiger partial charge >= 0.3 is 0 Å². The SMILES string of the molecule is CCCNCc1cnc(N(CC)CCOC)s1. The van der Waals surface area contributed by atoms with E-state index in [1.54, 1.807) is 18.4 Å². The Kier molecular flexibility index (Phi) is 7.16. The Balaban J connectivity index is 2.46. The van der Waals surface area contributed by atoms with Crippen molar-refractivity contribution < 1.29 is 4.74 Å². The molecule has 0 aliphatic carbocycles. The standard InChI is InChI=1S/C12H23N3OS/c1-4-6-13-9-11-10-14-12(17-11)15(5-2)7-8-16-3/h10,13H,4-9H2,1-3H3. The number of thiazole rings is 1. The largest absolute Gasteiger partial charge is 0.383 e. The van der Waals surface area contributed by atoms with Crippen molar-refractivity contribution in [3.05, 3.63) is 11.1 Å². The summed E-state index contributed by atoms with van der Waals surface area (Å²) in [5.41, 5.74) is 0. The summed E-state index contributed by atoms with van der Waals surface area (Å²) in [6, 6.07) is 0. The molecule has 0 bridgehead atoms. The van der Waals surface area contributed by atoms with E-state index in [1.807, 2.05) is 6.20 Å². The van der Waals surface area contributed by atoms with Crippen molar-refractivity contribution in [3.8, 4) is 0 Å². The maximum Gasteiger partial charge on any atom is 0.185 e. The highest BCUT2D eigenvalue weighted by atomic mass is 32.1. The quantitative estimate of drug-likeness (QED) is 0.688. The Labute approximate surface area is 108 Å². The van der Waals surface area contributed by atoms with E-state index in [2.05, 4.69) is 29.0 Å². The van der Waals surface area contributed by atoms with Crippen LogP contribution in [0.5, 0.6) is 0 Å². The zero-order chi connectivity index (χ0) is 12.5. The van der Waals surface area contributed by atoms with Crippen molar-refractivity contribution in [2.75, 3.05) is 38.3 Å². The highest BCUT2D eigenvalue weighted by Crippen LogP contribution is 2.22. The monoisotopic (exact) mass is 257 g/mol. The number of hydrogen-bond acceptors (Lipinski definition) is 5. The molecule has 0 aliphatic heterocycles. The molecule has 0 atom stereocenters. The summed E-state index contributed by atoms with van der Waals surface area (Å²) in [4.78, 5) is 8.01. The van der Waals surface area contributed by atoms with Gasteiger partial charge in [0.2, 0.25) is 0 Å². The number of rotatable bonds is 9. The number of anilines is 1. The van der Waals surface area contributed by atoms with Gasteiger partial charge in [-0.15, -0.1) is 11.3 Å². The molecular weight excluding hydrogens is 234 g/mol. The molecule has 1 N–H and O–H groups in total. The lowest BCUT2D eigenvalue weighted by Gasteiger charge is -2.18. The molecule has 4 nitrogen and oxygen atoms in total. The fraction of sp³-hybridized carbons (Fsp3) is 0.750. The second-order valence-electron chi connectivity index (χ2n) is 3.86. The molecule has 0 aromatic carbocycles. The highest BCUT2D eigenvalue weighted by Gasteiger charge is 2.08. The van der Waals surface area contributed by atoms with Crippen molar-refractivity contribution in [2.24, 2.45) is 0 Å². The van der Waals surface area contributed by atoms with Gasteiger partial charge in [0, 0.05) is 37.8 Å². The minimum atomic E-state index is 0.747. The molecule has 1 aromatic rings. The normalized spacial score (nSPS) is 10.8. The van der Waals surface area contributed by atoms with E-state index in [-0.39, 0.29) is 0 Å². The van der Waals surface area contributed by atoms with Gasteiger partial charge in [-0.1, -0.05) is 6.92 Å². The molecule has 1 heterocycles. The predicted molar refractivity (Wildman–Crippen MR) is 73.9 cm³/mol. The highest BCUT2D eigenvalue weighted by molar-refractivity contribution is 7.15. The molecule has 98 valence electrons. The molecule has 0 amide bonds. The van der Waals surface area contributed by atoms with Crippen LogP contribution in [-0.2, 0) is 11.3 Å². The first-order valence-corrected chi connectivity index (χ1v) is 7.02. The van der Waals surface area contributed by atoms with Gasteiger partial charge in [0.1, 0.15) is 0 Å². The van der Waals surface area contributed by atoms with Crippen LogP contribution in [0.3, 0.4) is 0 Å². The third-order valence-corrected chi connectivity index (χ3v) is 3.54. The topological polar surface area (TPSA) is 37.4 Å². The smallest absolute Gasteiger partial charge is 0.185 e. The average molecular weight is 257 g/mol. The van der Waals surface area contributed by atoms with Crippen LogP contribution in [-0.4, -0.2) is 38.3 Å². The number of ether oxygens (including phenoxy) is 1. The predicted octanol–water partition coefficient (Wildman–Crippen LogP) is 2.12. The van der Waals surface area contributed by atoms with Gasteiger partial charge in [-0.05, 0) is 19.9 Å². The second-order valence-corrected chi connectivity index (χ2v) is 4.95. The zero-order valence-electron chi connectivity index (χ0n) is 11.0. The Hall–Kier alpha value is -0.650. The van der Waals surface area contributed by atoms with E-state index in [4.69, 9.17) is 4.74 Å². The molecule has 0 unspecified atom stereocenters. The van der Waals surface area contributed by atoms with Crippen LogP contribution >= 0.6 is 11.3 Å². The van der Waals surface area contributed by atoms with Gasteiger partial charge in [-0.25, -0.2) is 4.98 Å². The minimum absolute atomic E-state index is 0.747. The fourth-order valence-corrected chi connectivity index (χ4v) is 2.47. The molecule has 0 saturated carbocycles. The number of hydrogen-bond donors (Lipinski definition) is 1. The van der Waals surface area contributed by atoms with Crippen LogP contribution in [0.2, 0.25) is 0 Å². The molecule has 17 heavy (non-hydrogen) atoms. The van der Waals surface area contributed by atoms with E-state index < -0.39 is 0 Å². The Morgan fingerprint density at radius 1 is 1.47 bits per heavy atom. The Morgan fingerprint density at radius 2 is 2.29 bits per heavy atom. The van der Waals surface area contributed by atoms with Crippen molar-refractivity contribution in [2.45, 2.75) is 26.8 Å². The van der Waals surface area contributed by atoms with Gasteiger partial charge in [0.15, 0.2) is 5.13 Å². The fourth-order valence-electron chi connectivity index (χ4n) is 1.50. The maximum absolute atomic E-state index is 5.10. The third-order valence-electron chi connectivity index (χ3n) is 2.48. The van der Waals surface area contributed by atoms with E-state index in [0.29, 0.717) is 0 Å². The molecule has 0 saturated heterocycles. The number of likely N-dealkylation sites (N-methyl/N-ethyl adjacent to an activating group) is 1. The zero-order valence-corrected chi connectivity index (χ0v) is 11.8. The van der Waals surface area contributed by atoms with Gasteiger partial charge in [-0.2, -0.15) is 0 Å². The van der Waals surface area contributed by atoms with Crippen molar-refractivity contribution in [1.82, 2.24) is 10.3 Å². The lowest BCUT2D eigenvalue weighted by Crippen LogP contribution is -2.26. The number of nitrogens with one attached hydrogen (secondary N) is 1. The van der Waals surface area contributed by atoms with E-state index in [1.165, 1.54) is 11.3 Å². The van der Waals surface area contributed by atoms with Gasteiger partial charge < -0.3 is 15.0 Å². The summed E-state index contributed by atoms with van der Waals surface area (Å²) >= 11 is 1.76. The molecule has 0 radical (unpaired) electrons. The number of aromatic nitrogens is 1. The summed E-state index contributed by atoms with van der Waals surface area (Å²) < 4.78 is 5.10. The summed E-state index contributed by atoms with van der Waals surface area (Å²) in [6.07, 6.45) is 3.14. The summed E-state index contributed by atoms with van der Waals surface area (Å²) in [5.74, 6) is 0. The molecule has 0 fully saturated rings. The van der Waals surface area contributed by atoms with Crippen molar-refractivity contribution in [3.63, 3.8) is 0 Å². The molecular formula is C12H23N3OS. The summed E-state index contributed by atoms with van der Waals surface area (Å²) in [5, 5.41) is 4.49. The summed E-state index contributed by atoms with van der Waals surface area (Å²) in [7, 11) is 1.73. The summed E-state index contributed by atoms with van der Waals surface area (Å²) in [6.45, 7) is 8.93. The first-order chi connectivity index (χ1) is 8.31.